The van der Waals surface area contributed by atoms with Gasteiger partial charge in [0.05, 0.1) is 13.1 Å². The van der Waals surface area contributed by atoms with Crippen molar-refractivity contribution in [3.05, 3.63) is 29.8 Å². The summed E-state index contributed by atoms with van der Waals surface area (Å²) in [5.74, 6) is -0.460. The van der Waals surface area contributed by atoms with Crippen LogP contribution >= 0.6 is 0 Å². The fraction of sp³-hybridized carbons (Fsp3) is 0.550. The Hall–Kier alpha value is -2.37. The molecule has 142 valence electrons. The number of rotatable bonds is 8. The third-order valence-electron chi connectivity index (χ3n) is 4.63. The highest BCUT2D eigenvalue weighted by atomic mass is 16.2. The summed E-state index contributed by atoms with van der Waals surface area (Å²) in [5, 5.41) is 5.34. The van der Waals surface area contributed by atoms with Crippen LogP contribution in [0.15, 0.2) is 24.3 Å². The first-order valence-electron chi connectivity index (χ1n) is 9.41. The first-order valence-corrected chi connectivity index (χ1v) is 9.41. The predicted molar refractivity (Wildman–Crippen MR) is 102 cm³/mol. The highest BCUT2D eigenvalue weighted by molar-refractivity contribution is 5.95. The number of carbonyl (C=O) groups is 3. The van der Waals surface area contributed by atoms with Crippen LogP contribution in [-0.2, 0) is 14.4 Å². The number of amides is 3. The van der Waals surface area contributed by atoms with Gasteiger partial charge in [-0.3, -0.25) is 14.4 Å². The van der Waals surface area contributed by atoms with E-state index in [1.54, 1.807) is 4.90 Å². The Balaban J connectivity index is 1.78. The van der Waals surface area contributed by atoms with Crippen molar-refractivity contribution in [2.45, 2.75) is 46.0 Å². The van der Waals surface area contributed by atoms with Gasteiger partial charge >= 0.3 is 0 Å². The van der Waals surface area contributed by atoms with Gasteiger partial charge in [-0.15, -0.1) is 0 Å². The van der Waals surface area contributed by atoms with E-state index in [4.69, 9.17) is 0 Å². The highest BCUT2D eigenvalue weighted by Crippen LogP contribution is 2.26. The molecule has 0 aromatic heterocycles. The van der Waals surface area contributed by atoms with E-state index in [9.17, 15) is 14.4 Å². The Kier molecular flexibility index (Phi) is 7.63. The summed E-state index contributed by atoms with van der Waals surface area (Å²) in [5.41, 5.74) is 1.80. The van der Waals surface area contributed by atoms with Crippen LogP contribution in [0.1, 0.15) is 44.6 Å². The maximum Gasteiger partial charge on any atom is 0.243 e. The molecule has 0 aliphatic heterocycles. The Morgan fingerprint density at radius 1 is 1.08 bits per heavy atom. The van der Waals surface area contributed by atoms with Gasteiger partial charge in [0.15, 0.2) is 0 Å². The molecule has 1 aromatic rings. The third-order valence-corrected chi connectivity index (χ3v) is 4.63. The van der Waals surface area contributed by atoms with Crippen molar-refractivity contribution in [3.63, 3.8) is 0 Å². The SMILES string of the molecule is CCCN(CC(=O)NCC(=O)Nc1ccc(C)cc1)C(=O)C1CCCC1. The van der Waals surface area contributed by atoms with Crippen LogP contribution in [0.3, 0.4) is 0 Å². The number of nitrogens with one attached hydrogen (secondary N) is 2. The van der Waals surface area contributed by atoms with Gasteiger partial charge in [0, 0.05) is 18.2 Å². The zero-order valence-corrected chi connectivity index (χ0v) is 15.7. The summed E-state index contributed by atoms with van der Waals surface area (Å²) in [6.07, 6.45) is 4.81. The molecule has 0 spiro atoms. The monoisotopic (exact) mass is 359 g/mol. The van der Waals surface area contributed by atoms with Crippen molar-refractivity contribution in [1.82, 2.24) is 10.2 Å². The average Bonchev–Trinajstić information content (AvgIpc) is 3.15. The lowest BCUT2D eigenvalue weighted by molar-refractivity contribution is -0.139. The lowest BCUT2D eigenvalue weighted by Crippen LogP contribution is -2.44. The summed E-state index contributed by atoms with van der Waals surface area (Å²) in [6.45, 7) is 4.44. The molecule has 0 radical (unpaired) electrons. The van der Waals surface area contributed by atoms with Gasteiger partial charge in [-0.1, -0.05) is 37.5 Å². The summed E-state index contributed by atoms with van der Waals surface area (Å²) in [4.78, 5) is 38.3. The number of benzene rings is 1. The van der Waals surface area contributed by atoms with Gasteiger partial charge in [0.25, 0.3) is 0 Å². The van der Waals surface area contributed by atoms with E-state index in [0.717, 1.165) is 37.7 Å². The van der Waals surface area contributed by atoms with E-state index in [1.165, 1.54) is 0 Å². The molecule has 2 N–H and O–H groups in total. The number of hydrogen-bond donors (Lipinski definition) is 2. The molecule has 1 fully saturated rings. The second-order valence-electron chi connectivity index (χ2n) is 6.93. The fourth-order valence-corrected chi connectivity index (χ4v) is 3.22. The van der Waals surface area contributed by atoms with Gasteiger partial charge in [0.2, 0.25) is 17.7 Å². The van der Waals surface area contributed by atoms with E-state index >= 15 is 0 Å². The standard InChI is InChI=1S/C20H29N3O3/c1-3-12-23(20(26)16-6-4-5-7-16)14-19(25)21-13-18(24)22-17-10-8-15(2)9-11-17/h8-11,16H,3-7,12-14H2,1-2H3,(H,21,25)(H,22,24). The predicted octanol–water partition coefficient (Wildman–Crippen LogP) is 2.48. The van der Waals surface area contributed by atoms with Gasteiger partial charge in [0.1, 0.15) is 0 Å². The number of anilines is 1. The molecular weight excluding hydrogens is 330 g/mol. The first-order chi connectivity index (χ1) is 12.5. The van der Waals surface area contributed by atoms with Crippen LogP contribution in [0.2, 0.25) is 0 Å². The molecular formula is C20H29N3O3. The lowest BCUT2D eigenvalue weighted by Gasteiger charge is -2.24. The summed E-state index contributed by atoms with van der Waals surface area (Å²) >= 11 is 0. The fourth-order valence-electron chi connectivity index (χ4n) is 3.22. The normalized spacial score (nSPS) is 14.1. The van der Waals surface area contributed by atoms with Gasteiger partial charge in [-0.25, -0.2) is 0 Å². The van der Waals surface area contributed by atoms with Gasteiger partial charge in [-0.2, -0.15) is 0 Å². The van der Waals surface area contributed by atoms with E-state index in [1.807, 2.05) is 38.1 Å². The van der Waals surface area contributed by atoms with Crippen molar-refractivity contribution in [1.29, 1.82) is 0 Å². The molecule has 1 aliphatic carbocycles. The van der Waals surface area contributed by atoms with Crippen molar-refractivity contribution in [2.75, 3.05) is 25.0 Å². The molecule has 26 heavy (non-hydrogen) atoms. The van der Waals surface area contributed by atoms with E-state index in [-0.39, 0.29) is 36.7 Å². The molecule has 0 atom stereocenters. The summed E-state index contributed by atoms with van der Waals surface area (Å²) < 4.78 is 0. The smallest absolute Gasteiger partial charge is 0.243 e. The molecule has 0 heterocycles. The molecule has 0 saturated heterocycles. The molecule has 1 aliphatic rings. The van der Waals surface area contributed by atoms with Crippen LogP contribution in [0.4, 0.5) is 5.69 Å². The van der Waals surface area contributed by atoms with Crippen molar-refractivity contribution in [2.24, 2.45) is 5.92 Å². The lowest BCUT2D eigenvalue weighted by atomic mass is 10.1. The molecule has 3 amide bonds. The Morgan fingerprint density at radius 2 is 1.73 bits per heavy atom. The number of aryl methyl sites for hydroxylation is 1. The Labute approximate surface area is 155 Å². The summed E-state index contributed by atoms with van der Waals surface area (Å²) in [7, 11) is 0. The second-order valence-corrected chi connectivity index (χ2v) is 6.93. The van der Waals surface area contributed by atoms with Crippen LogP contribution in [-0.4, -0.2) is 42.3 Å². The van der Waals surface area contributed by atoms with E-state index in [2.05, 4.69) is 10.6 Å². The molecule has 6 heteroatoms. The summed E-state index contributed by atoms with van der Waals surface area (Å²) in [6, 6.07) is 7.45. The number of carbonyl (C=O) groups excluding carboxylic acids is 3. The minimum Gasteiger partial charge on any atom is -0.345 e. The average molecular weight is 359 g/mol. The van der Waals surface area contributed by atoms with Crippen molar-refractivity contribution >= 4 is 23.4 Å². The zero-order chi connectivity index (χ0) is 18.9. The third kappa shape index (κ3) is 6.17. The molecule has 1 aromatic carbocycles. The molecule has 0 unspecified atom stereocenters. The van der Waals surface area contributed by atoms with Crippen LogP contribution in [0.25, 0.3) is 0 Å². The second kappa shape index (κ2) is 9.94. The van der Waals surface area contributed by atoms with Crippen molar-refractivity contribution < 1.29 is 14.4 Å². The molecule has 2 rings (SSSR count). The molecule has 1 saturated carbocycles. The highest BCUT2D eigenvalue weighted by Gasteiger charge is 2.27. The van der Waals surface area contributed by atoms with Crippen LogP contribution in [0, 0.1) is 12.8 Å². The molecule has 0 bridgehead atoms. The maximum atomic E-state index is 12.5. The zero-order valence-electron chi connectivity index (χ0n) is 15.7. The number of hydrogen-bond acceptors (Lipinski definition) is 3. The Morgan fingerprint density at radius 3 is 2.35 bits per heavy atom. The van der Waals surface area contributed by atoms with Crippen LogP contribution in [0.5, 0.6) is 0 Å². The first kappa shape index (κ1) is 19.9. The largest absolute Gasteiger partial charge is 0.345 e. The van der Waals surface area contributed by atoms with E-state index < -0.39 is 0 Å². The minimum atomic E-state index is -0.302. The topological polar surface area (TPSA) is 78.5 Å². The van der Waals surface area contributed by atoms with Crippen molar-refractivity contribution in [3.8, 4) is 0 Å². The minimum absolute atomic E-state index is 0.0149. The van der Waals surface area contributed by atoms with E-state index in [0.29, 0.717) is 12.2 Å². The Bertz CT molecular complexity index is 622. The number of nitrogens with zero attached hydrogens (tertiary/aromatic N) is 1. The maximum absolute atomic E-state index is 12.5. The quantitative estimate of drug-likeness (QED) is 0.748. The van der Waals surface area contributed by atoms with Gasteiger partial charge < -0.3 is 15.5 Å². The molecule has 6 nitrogen and oxygen atoms in total. The van der Waals surface area contributed by atoms with Gasteiger partial charge in [-0.05, 0) is 38.3 Å². The van der Waals surface area contributed by atoms with Crippen LogP contribution < -0.4 is 10.6 Å².